The number of amides is 1. The van der Waals surface area contributed by atoms with E-state index in [1.807, 2.05) is 30.3 Å². The molecule has 0 aliphatic rings. The number of benzene rings is 3. The smallest absolute Gasteiger partial charge is 0.259 e. The van der Waals surface area contributed by atoms with Crippen molar-refractivity contribution in [2.24, 2.45) is 0 Å². The van der Waals surface area contributed by atoms with E-state index in [1.165, 1.54) is 0 Å². The van der Waals surface area contributed by atoms with Gasteiger partial charge >= 0.3 is 0 Å². The zero-order valence-electron chi connectivity index (χ0n) is 16.5. The number of carbonyl (C=O) groups excluding carboxylic acids is 1. The highest BCUT2D eigenvalue weighted by molar-refractivity contribution is 6.08. The molecule has 0 aliphatic carbocycles. The van der Waals surface area contributed by atoms with Crippen LogP contribution in [0.3, 0.4) is 0 Å². The molecule has 1 amide bonds. The van der Waals surface area contributed by atoms with Crippen LogP contribution in [0.25, 0.3) is 22.8 Å². The van der Waals surface area contributed by atoms with Crippen molar-refractivity contribution in [3.63, 3.8) is 0 Å². The molecule has 1 heterocycles. The molecule has 4 rings (SSSR count). The number of para-hydroxylation sites is 1. The van der Waals surface area contributed by atoms with Crippen LogP contribution in [0.15, 0.2) is 77.3 Å². The molecule has 0 fully saturated rings. The number of nitrogens with zero attached hydrogens (tertiary/aromatic N) is 2. The Morgan fingerprint density at radius 3 is 2.47 bits per heavy atom. The van der Waals surface area contributed by atoms with Crippen LogP contribution >= 0.6 is 0 Å². The van der Waals surface area contributed by atoms with Gasteiger partial charge in [0.2, 0.25) is 5.82 Å². The van der Waals surface area contributed by atoms with Gasteiger partial charge in [-0.3, -0.25) is 4.79 Å². The van der Waals surface area contributed by atoms with E-state index in [0.717, 1.165) is 0 Å². The number of carbonyl (C=O) groups is 1. The molecule has 0 radical (unpaired) electrons. The highest BCUT2D eigenvalue weighted by atomic mass is 16.5. The number of anilines is 1. The number of rotatable bonds is 6. The van der Waals surface area contributed by atoms with Gasteiger partial charge in [0.25, 0.3) is 11.8 Å². The quantitative estimate of drug-likeness (QED) is 0.505. The number of nitrogens with one attached hydrogen (secondary N) is 1. The number of hydrogen-bond donors (Lipinski definition) is 1. The third kappa shape index (κ3) is 3.86. The lowest BCUT2D eigenvalue weighted by atomic mass is 10.1. The Balaban J connectivity index is 1.65. The first-order valence-electron chi connectivity index (χ1n) is 9.21. The minimum Gasteiger partial charge on any atom is -0.497 e. The van der Waals surface area contributed by atoms with Crippen molar-refractivity contribution in [3.8, 4) is 34.3 Å². The standard InChI is InChI=1S/C23H19N3O4/c1-28-16-9-7-8-15(14-16)24-22(27)17-10-3-4-11-18(17)23-25-21(26-30-23)19-12-5-6-13-20(19)29-2/h3-14H,1-2H3,(H,24,27). The Bertz CT molecular complexity index is 1190. The number of hydrogen-bond acceptors (Lipinski definition) is 6. The predicted molar refractivity (Wildman–Crippen MR) is 113 cm³/mol. The van der Waals surface area contributed by atoms with Crippen LogP contribution in [0.4, 0.5) is 5.69 Å². The van der Waals surface area contributed by atoms with Gasteiger partial charge in [0, 0.05) is 11.8 Å². The van der Waals surface area contributed by atoms with Crippen LogP contribution in [0, 0.1) is 0 Å². The Labute approximate surface area is 173 Å². The van der Waals surface area contributed by atoms with E-state index in [9.17, 15) is 4.79 Å². The van der Waals surface area contributed by atoms with Gasteiger partial charge in [-0.25, -0.2) is 0 Å². The Hall–Kier alpha value is -4.13. The zero-order valence-corrected chi connectivity index (χ0v) is 16.5. The molecule has 150 valence electrons. The summed E-state index contributed by atoms with van der Waals surface area (Å²) in [6, 6.07) is 21.6. The summed E-state index contributed by atoms with van der Waals surface area (Å²) in [7, 11) is 3.16. The molecular formula is C23H19N3O4. The molecule has 4 aromatic rings. The van der Waals surface area contributed by atoms with Crippen LogP contribution in [-0.2, 0) is 0 Å². The highest BCUT2D eigenvalue weighted by Gasteiger charge is 2.19. The van der Waals surface area contributed by atoms with Crippen molar-refractivity contribution in [1.82, 2.24) is 10.1 Å². The highest BCUT2D eigenvalue weighted by Crippen LogP contribution is 2.30. The number of ether oxygens (including phenoxy) is 2. The lowest BCUT2D eigenvalue weighted by Crippen LogP contribution is -2.13. The number of aromatic nitrogens is 2. The lowest BCUT2D eigenvalue weighted by molar-refractivity contribution is 0.102. The summed E-state index contributed by atoms with van der Waals surface area (Å²) in [4.78, 5) is 17.4. The molecular weight excluding hydrogens is 382 g/mol. The van der Waals surface area contributed by atoms with Crippen molar-refractivity contribution >= 4 is 11.6 Å². The maximum atomic E-state index is 12.9. The molecule has 0 atom stereocenters. The van der Waals surface area contributed by atoms with Gasteiger partial charge in [0.05, 0.1) is 30.9 Å². The monoisotopic (exact) mass is 401 g/mol. The van der Waals surface area contributed by atoms with Crippen LogP contribution in [-0.4, -0.2) is 30.3 Å². The van der Waals surface area contributed by atoms with E-state index in [2.05, 4.69) is 15.5 Å². The van der Waals surface area contributed by atoms with Gasteiger partial charge in [-0.15, -0.1) is 0 Å². The summed E-state index contributed by atoms with van der Waals surface area (Å²) in [5, 5.41) is 6.94. The Morgan fingerprint density at radius 1 is 0.900 bits per heavy atom. The van der Waals surface area contributed by atoms with Gasteiger partial charge in [0.1, 0.15) is 11.5 Å². The van der Waals surface area contributed by atoms with E-state index < -0.39 is 0 Å². The average Bonchev–Trinajstić information content (AvgIpc) is 3.29. The van der Waals surface area contributed by atoms with E-state index in [0.29, 0.717) is 39.7 Å². The minimum absolute atomic E-state index is 0.243. The molecule has 7 nitrogen and oxygen atoms in total. The fourth-order valence-electron chi connectivity index (χ4n) is 3.04. The Kier molecular flexibility index (Phi) is 5.43. The number of methoxy groups -OCH3 is 2. The summed E-state index contributed by atoms with van der Waals surface area (Å²) in [6.07, 6.45) is 0. The van der Waals surface area contributed by atoms with Gasteiger partial charge < -0.3 is 19.3 Å². The first-order chi connectivity index (χ1) is 14.7. The second kappa shape index (κ2) is 8.48. The minimum atomic E-state index is -0.295. The Morgan fingerprint density at radius 2 is 1.67 bits per heavy atom. The van der Waals surface area contributed by atoms with Crippen molar-refractivity contribution in [3.05, 3.63) is 78.4 Å². The molecule has 7 heteroatoms. The fourth-order valence-corrected chi connectivity index (χ4v) is 3.04. The molecule has 0 aliphatic heterocycles. The summed E-state index contributed by atoms with van der Waals surface area (Å²) >= 11 is 0. The largest absolute Gasteiger partial charge is 0.497 e. The first-order valence-corrected chi connectivity index (χ1v) is 9.21. The summed E-state index contributed by atoms with van der Waals surface area (Å²) in [5.74, 6) is 1.61. The SMILES string of the molecule is COc1cccc(NC(=O)c2ccccc2-c2nc(-c3ccccc3OC)no2)c1. The summed E-state index contributed by atoms with van der Waals surface area (Å²) < 4.78 is 16.0. The predicted octanol–water partition coefficient (Wildman–Crippen LogP) is 4.67. The van der Waals surface area contributed by atoms with E-state index in [1.54, 1.807) is 56.7 Å². The van der Waals surface area contributed by atoms with Crippen LogP contribution < -0.4 is 14.8 Å². The van der Waals surface area contributed by atoms with E-state index >= 15 is 0 Å². The lowest BCUT2D eigenvalue weighted by Gasteiger charge is -2.09. The van der Waals surface area contributed by atoms with Gasteiger partial charge in [-0.05, 0) is 36.4 Å². The third-order valence-electron chi connectivity index (χ3n) is 4.50. The normalized spacial score (nSPS) is 10.5. The van der Waals surface area contributed by atoms with Gasteiger partial charge in [0.15, 0.2) is 0 Å². The summed E-state index contributed by atoms with van der Waals surface area (Å²) in [6.45, 7) is 0. The van der Waals surface area contributed by atoms with E-state index in [-0.39, 0.29) is 11.8 Å². The topological polar surface area (TPSA) is 86.5 Å². The molecule has 0 spiro atoms. The van der Waals surface area contributed by atoms with Crippen molar-refractivity contribution < 1.29 is 18.8 Å². The second-order valence-corrected chi connectivity index (χ2v) is 6.36. The first kappa shape index (κ1) is 19.2. The molecule has 1 N–H and O–H groups in total. The third-order valence-corrected chi connectivity index (χ3v) is 4.50. The summed E-state index contributed by atoms with van der Waals surface area (Å²) in [5.41, 5.74) is 2.27. The van der Waals surface area contributed by atoms with Crippen LogP contribution in [0.2, 0.25) is 0 Å². The van der Waals surface area contributed by atoms with E-state index in [4.69, 9.17) is 14.0 Å². The fraction of sp³-hybridized carbons (Fsp3) is 0.0870. The maximum Gasteiger partial charge on any atom is 0.259 e. The molecule has 1 aromatic heterocycles. The van der Waals surface area contributed by atoms with Crippen LogP contribution in [0.1, 0.15) is 10.4 Å². The molecule has 30 heavy (non-hydrogen) atoms. The zero-order chi connectivity index (χ0) is 20.9. The van der Waals surface area contributed by atoms with Gasteiger partial charge in [-0.2, -0.15) is 4.98 Å². The molecule has 0 saturated heterocycles. The van der Waals surface area contributed by atoms with Crippen molar-refractivity contribution in [2.75, 3.05) is 19.5 Å². The second-order valence-electron chi connectivity index (χ2n) is 6.36. The van der Waals surface area contributed by atoms with Crippen LogP contribution in [0.5, 0.6) is 11.5 Å². The average molecular weight is 401 g/mol. The van der Waals surface area contributed by atoms with Crippen molar-refractivity contribution in [1.29, 1.82) is 0 Å². The maximum absolute atomic E-state index is 12.9. The molecule has 0 bridgehead atoms. The molecule has 0 saturated carbocycles. The van der Waals surface area contributed by atoms with Gasteiger partial charge in [-0.1, -0.05) is 35.5 Å². The molecule has 3 aromatic carbocycles. The van der Waals surface area contributed by atoms with Crippen molar-refractivity contribution in [2.45, 2.75) is 0 Å². The molecule has 0 unspecified atom stereocenters.